The van der Waals surface area contributed by atoms with Crippen LogP contribution in [0.3, 0.4) is 0 Å². The first-order valence-electron chi connectivity index (χ1n) is 11.9. The Labute approximate surface area is 187 Å². The number of hydrogen-bond donors (Lipinski definition) is 1. The van der Waals surface area contributed by atoms with Crippen LogP contribution < -0.4 is 10.9 Å². The molecule has 0 spiro atoms. The fourth-order valence-electron chi connectivity index (χ4n) is 7.23. The quantitative estimate of drug-likeness (QED) is 0.655. The lowest BCUT2D eigenvalue weighted by Crippen LogP contribution is -2.56. The van der Waals surface area contributed by atoms with Crippen LogP contribution in [0.1, 0.15) is 55.9 Å². The lowest BCUT2D eigenvalue weighted by Gasteiger charge is -2.59. The molecule has 5 nitrogen and oxygen atoms in total. The Morgan fingerprint density at radius 3 is 2.12 bits per heavy atom. The summed E-state index contributed by atoms with van der Waals surface area (Å²) < 4.78 is 1.35. The topological polar surface area (TPSA) is 64.0 Å². The van der Waals surface area contributed by atoms with Gasteiger partial charge in [0.25, 0.3) is 11.5 Å². The molecule has 5 heteroatoms. The van der Waals surface area contributed by atoms with Crippen molar-refractivity contribution >= 4 is 16.7 Å². The third-order valence-electron chi connectivity index (χ3n) is 8.37. The number of hydrogen-bond acceptors (Lipinski definition) is 3. The van der Waals surface area contributed by atoms with Gasteiger partial charge in [0.15, 0.2) is 5.69 Å². The fraction of sp³-hybridized carbons (Fsp3) is 0.444. The molecule has 0 aliphatic heterocycles. The van der Waals surface area contributed by atoms with Crippen molar-refractivity contribution in [3.05, 3.63) is 70.6 Å². The molecule has 2 aromatic carbocycles. The van der Waals surface area contributed by atoms with E-state index in [0.717, 1.165) is 17.8 Å². The second-order valence-electron chi connectivity index (χ2n) is 10.4. The van der Waals surface area contributed by atoms with Gasteiger partial charge in [0.2, 0.25) is 0 Å². The standard InChI is InChI=1S/C27H29N3O2/c1-17(27-14-18-11-19(15-27)13-20(12-18)16-27)28-25(31)24-22-9-5-6-10-23(22)26(32)30(29-24)21-7-3-2-4-8-21/h2-10,17-20H,11-16H2,1H3,(H,28,31)/t17-,18?,19?,20?,27?/m0/s1. The zero-order chi connectivity index (χ0) is 21.9. The van der Waals surface area contributed by atoms with Crippen LogP contribution in [0.5, 0.6) is 0 Å². The molecule has 1 aromatic heterocycles. The molecule has 164 valence electrons. The van der Waals surface area contributed by atoms with Gasteiger partial charge in [0.05, 0.1) is 11.1 Å². The third-order valence-corrected chi connectivity index (χ3v) is 8.37. The molecule has 0 radical (unpaired) electrons. The normalized spacial score (nSPS) is 29.2. The van der Waals surface area contributed by atoms with Crippen LogP contribution in [0.4, 0.5) is 0 Å². The van der Waals surface area contributed by atoms with Crippen LogP contribution in [-0.2, 0) is 0 Å². The second-order valence-corrected chi connectivity index (χ2v) is 10.4. The maximum atomic E-state index is 13.6. The highest BCUT2D eigenvalue weighted by Gasteiger charge is 2.53. The molecule has 1 N–H and O–H groups in total. The Morgan fingerprint density at radius 2 is 1.50 bits per heavy atom. The van der Waals surface area contributed by atoms with Crippen molar-refractivity contribution in [3.63, 3.8) is 0 Å². The number of carbonyl (C=O) groups excluding carboxylic acids is 1. The number of benzene rings is 2. The molecule has 4 aliphatic rings. The van der Waals surface area contributed by atoms with Crippen molar-refractivity contribution in [1.82, 2.24) is 15.1 Å². The highest BCUT2D eigenvalue weighted by atomic mass is 16.2. The molecule has 0 unspecified atom stereocenters. The Morgan fingerprint density at radius 1 is 0.938 bits per heavy atom. The van der Waals surface area contributed by atoms with E-state index in [1.807, 2.05) is 48.5 Å². The van der Waals surface area contributed by atoms with Gasteiger partial charge in [-0.15, -0.1) is 0 Å². The summed E-state index contributed by atoms with van der Waals surface area (Å²) in [4.78, 5) is 26.7. The van der Waals surface area contributed by atoms with Crippen molar-refractivity contribution in [2.24, 2.45) is 23.2 Å². The first-order valence-corrected chi connectivity index (χ1v) is 11.9. The van der Waals surface area contributed by atoms with Gasteiger partial charge in [-0.2, -0.15) is 9.78 Å². The molecule has 7 rings (SSSR count). The molecule has 32 heavy (non-hydrogen) atoms. The highest BCUT2D eigenvalue weighted by molar-refractivity contribution is 6.05. The summed E-state index contributed by atoms with van der Waals surface area (Å²) in [6.07, 6.45) is 7.85. The number of nitrogens with one attached hydrogen (secondary N) is 1. The molecule has 4 saturated carbocycles. The van der Waals surface area contributed by atoms with E-state index in [1.165, 1.54) is 43.2 Å². The third kappa shape index (κ3) is 3.09. The summed E-state index contributed by atoms with van der Waals surface area (Å²) in [5, 5.41) is 9.01. The lowest BCUT2D eigenvalue weighted by molar-refractivity contribution is -0.0688. The molecule has 4 aliphatic carbocycles. The van der Waals surface area contributed by atoms with Crippen molar-refractivity contribution in [1.29, 1.82) is 0 Å². The van der Waals surface area contributed by atoms with Gasteiger partial charge in [-0.1, -0.05) is 36.4 Å². The second kappa shape index (κ2) is 7.29. The van der Waals surface area contributed by atoms with Crippen LogP contribution >= 0.6 is 0 Å². The largest absolute Gasteiger partial charge is 0.348 e. The zero-order valence-corrected chi connectivity index (χ0v) is 18.5. The van der Waals surface area contributed by atoms with Crippen molar-refractivity contribution in [2.75, 3.05) is 0 Å². The Balaban J connectivity index is 1.37. The minimum absolute atomic E-state index is 0.0982. The number of nitrogens with zero attached hydrogens (tertiary/aromatic N) is 2. The summed E-state index contributed by atoms with van der Waals surface area (Å²) in [5.74, 6) is 2.31. The number of fused-ring (bicyclic) bond motifs is 1. The average Bonchev–Trinajstić information content (AvgIpc) is 2.79. The molecule has 3 aromatic rings. The van der Waals surface area contributed by atoms with Crippen molar-refractivity contribution in [2.45, 2.75) is 51.5 Å². The van der Waals surface area contributed by atoms with Gasteiger partial charge in [0, 0.05) is 11.4 Å². The van der Waals surface area contributed by atoms with Crippen LogP contribution in [0.15, 0.2) is 59.4 Å². The van der Waals surface area contributed by atoms with E-state index < -0.39 is 0 Å². The Kier molecular flexibility index (Phi) is 4.49. The predicted octanol–water partition coefficient (Wildman–Crippen LogP) is 4.72. The van der Waals surface area contributed by atoms with Gasteiger partial charge in [-0.3, -0.25) is 9.59 Å². The Hall–Kier alpha value is -2.95. The summed E-state index contributed by atoms with van der Waals surface area (Å²) in [6, 6.07) is 16.7. The molecule has 1 atom stereocenters. The molecular formula is C27H29N3O2. The number of aromatic nitrogens is 2. The molecule has 1 amide bonds. The maximum absolute atomic E-state index is 13.6. The fourth-order valence-corrected chi connectivity index (χ4v) is 7.23. The van der Waals surface area contributed by atoms with Gasteiger partial charge in [0.1, 0.15) is 0 Å². The van der Waals surface area contributed by atoms with Crippen LogP contribution in [-0.4, -0.2) is 21.7 Å². The summed E-state index contributed by atoms with van der Waals surface area (Å²) in [7, 11) is 0. The van der Waals surface area contributed by atoms with E-state index in [9.17, 15) is 9.59 Å². The zero-order valence-electron chi connectivity index (χ0n) is 18.5. The molecule has 4 bridgehead atoms. The van der Waals surface area contributed by atoms with E-state index in [2.05, 4.69) is 17.3 Å². The van der Waals surface area contributed by atoms with Crippen molar-refractivity contribution in [3.8, 4) is 5.69 Å². The number of amides is 1. The van der Waals surface area contributed by atoms with Crippen LogP contribution in [0.2, 0.25) is 0 Å². The first kappa shape index (κ1) is 19.7. The van der Waals surface area contributed by atoms with Gasteiger partial charge < -0.3 is 5.32 Å². The van der Waals surface area contributed by atoms with Crippen molar-refractivity contribution < 1.29 is 4.79 Å². The monoisotopic (exact) mass is 427 g/mol. The van der Waals surface area contributed by atoms with Gasteiger partial charge in [-0.25, -0.2) is 0 Å². The number of rotatable bonds is 4. The van der Waals surface area contributed by atoms with E-state index in [4.69, 9.17) is 0 Å². The first-order chi connectivity index (χ1) is 15.5. The average molecular weight is 428 g/mol. The van der Waals surface area contributed by atoms with Crippen LogP contribution in [0.25, 0.3) is 16.5 Å². The lowest BCUT2D eigenvalue weighted by atomic mass is 9.48. The van der Waals surface area contributed by atoms with E-state index in [1.54, 1.807) is 6.07 Å². The SMILES string of the molecule is C[C@H](NC(=O)c1nn(-c2ccccc2)c(=O)c2ccccc12)C12CC3CC(CC(C3)C1)C2. The summed E-state index contributed by atoms with van der Waals surface area (Å²) in [5.41, 5.74) is 0.984. The summed E-state index contributed by atoms with van der Waals surface area (Å²) >= 11 is 0. The highest BCUT2D eigenvalue weighted by Crippen LogP contribution is 2.61. The maximum Gasteiger partial charge on any atom is 0.279 e. The molecule has 1 heterocycles. The number of para-hydroxylation sites is 1. The molecular weight excluding hydrogens is 398 g/mol. The predicted molar refractivity (Wildman–Crippen MR) is 125 cm³/mol. The van der Waals surface area contributed by atoms with E-state index in [-0.39, 0.29) is 22.9 Å². The van der Waals surface area contributed by atoms with Gasteiger partial charge >= 0.3 is 0 Å². The smallest absolute Gasteiger partial charge is 0.279 e. The number of carbonyl (C=O) groups is 1. The molecule has 0 saturated heterocycles. The van der Waals surface area contributed by atoms with E-state index in [0.29, 0.717) is 22.2 Å². The minimum atomic E-state index is -0.211. The van der Waals surface area contributed by atoms with Gasteiger partial charge in [-0.05, 0) is 86.8 Å². The Bertz CT molecular complexity index is 1210. The van der Waals surface area contributed by atoms with Crippen LogP contribution in [0, 0.1) is 23.2 Å². The van der Waals surface area contributed by atoms with E-state index >= 15 is 0 Å². The summed E-state index contributed by atoms with van der Waals surface area (Å²) in [6.45, 7) is 2.18. The molecule has 4 fully saturated rings. The minimum Gasteiger partial charge on any atom is -0.348 e.